The van der Waals surface area contributed by atoms with Gasteiger partial charge in [0.1, 0.15) is 5.75 Å². The number of nitrogens with zero attached hydrogens (tertiary/aromatic N) is 1. The molecule has 1 aliphatic heterocycles. The second-order valence-corrected chi connectivity index (χ2v) is 7.09. The van der Waals surface area contributed by atoms with Gasteiger partial charge in [-0.2, -0.15) is 0 Å². The molecule has 1 heterocycles. The Balaban J connectivity index is 2.04. The number of piperidine rings is 1. The number of hydrogen-bond acceptors (Lipinski definition) is 3. The highest BCUT2D eigenvalue weighted by atomic mass is 16.5. The standard InChI is InChI=1S/C20H31NO2/c1-5-9-23-20-8-7-18(11-17(20)6-2)19(22)14-21-12-15(3)10-16(4)13-21/h7-8,11,15-16H,5-6,9-10,12-14H2,1-4H3. The predicted molar refractivity (Wildman–Crippen MR) is 95.3 cm³/mol. The van der Waals surface area contributed by atoms with E-state index >= 15 is 0 Å². The summed E-state index contributed by atoms with van der Waals surface area (Å²) >= 11 is 0. The van der Waals surface area contributed by atoms with Crippen LogP contribution in [0.1, 0.15) is 56.5 Å². The molecule has 1 aromatic rings. The number of rotatable bonds is 7. The molecule has 0 N–H and O–H groups in total. The van der Waals surface area contributed by atoms with Gasteiger partial charge in [0.05, 0.1) is 13.2 Å². The SMILES string of the molecule is CCCOc1ccc(C(=O)CN2CC(C)CC(C)C2)cc1CC. The normalized spacial score (nSPS) is 22.1. The van der Waals surface area contributed by atoms with E-state index in [0.717, 1.165) is 49.4 Å². The monoisotopic (exact) mass is 317 g/mol. The van der Waals surface area contributed by atoms with E-state index in [1.807, 2.05) is 18.2 Å². The van der Waals surface area contributed by atoms with Crippen molar-refractivity contribution in [2.75, 3.05) is 26.2 Å². The number of likely N-dealkylation sites (tertiary alicyclic amines) is 1. The molecule has 1 saturated heterocycles. The van der Waals surface area contributed by atoms with Crippen LogP contribution < -0.4 is 4.74 Å². The van der Waals surface area contributed by atoms with E-state index in [2.05, 4.69) is 32.6 Å². The molecule has 128 valence electrons. The quantitative estimate of drug-likeness (QED) is 0.706. The number of Topliss-reactive ketones (excluding diaryl/α,β-unsaturated/α-hetero) is 1. The molecule has 0 bridgehead atoms. The van der Waals surface area contributed by atoms with Crippen molar-refractivity contribution in [1.82, 2.24) is 4.90 Å². The molecular weight excluding hydrogens is 286 g/mol. The first-order chi connectivity index (χ1) is 11.0. The van der Waals surface area contributed by atoms with Crippen molar-refractivity contribution in [1.29, 1.82) is 0 Å². The van der Waals surface area contributed by atoms with E-state index < -0.39 is 0 Å². The number of aryl methyl sites for hydroxylation is 1. The summed E-state index contributed by atoms with van der Waals surface area (Å²) in [5.74, 6) is 2.51. The maximum atomic E-state index is 12.6. The molecule has 3 heteroatoms. The molecule has 0 radical (unpaired) electrons. The van der Waals surface area contributed by atoms with Gasteiger partial charge in [-0.05, 0) is 54.9 Å². The number of ketones is 1. The average molecular weight is 317 g/mol. The second-order valence-electron chi connectivity index (χ2n) is 7.09. The first-order valence-corrected chi connectivity index (χ1v) is 9.04. The van der Waals surface area contributed by atoms with Crippen LogP contribution in [0.15, 0.2) is 18.2 Å². The Hall–Kier alpha value is -1.35. The van der Waals surface area contributed by atoms with Crippen LogP contribution in [-0.2, 0) is 6.42 Å². The Morgan fingerprint density at radius 2 is 1.91 bits per heavy atom. The van der Waals surface area contributed by atoms with Gasteiger partial charge < -0.3 is 4.74 Å². The Bertz CT molecular complexity index is 516. The molecule has 2 rings (SSSR count). The zero-order chi connectivity index (χ0) is 16.8. The molecule has 0 aliphatic carbocycles. The summed E-state index contributed by atoms with van der Waals surface area (Å²) in [6, 6.07) is 5.90. The van der Waals surface area contributed by atoms with Crippen LogP contribution >= 0.6 is 0 Å². The number of benzene rings is 1. The highest BCUT2D eigenvalue weighted by Gasteiger charge is 2.23. The molecule has 1 aliphatic rings. The number of carbonyl (C=O) groups excluding carboxylic acids is 1. The lowest BCUT2D eigenvalue weighted by Gasteiger charge is -2.34. The third kappa shape index (κ3) is 5.07. The zero-order valence-electron chi connectivity index (χ0n) is 15.1. The topological polar surface area (TPSA) is 29.5 Å². The molecule has 1 aromatic carbocycles. The van der Waals surface area contributed by atoms with E-state index in [9.17, 15) is 4.79 Å². The largest absolute Gasteiger partial charge is 0.493 e. The van der Waals surface area contributed by atoms with Crippen LogP contribution in [0.2, 0.25) is 0 Å². The van der Waals surface area contributed by atoms with Crippen molar-refractivity contribution in [3.8, 4) is 5.75 Å². The van der Waals surface area contributed by atoms with Gasteiger partial charge in [-0.25, -0.2) is 0 Å². The highest BCUT2D eigenvalue weighted by molar-refractivity contribution is 5.98. The fraction of sp³-hybridized carbons (Fsp3) is 0.650. The summed E-state index contributed by atoms with van der Waals surface area (Å²) in [6.45, 7) is 12.1. The van der Waals surface area contributed by atoms with Crippen molar-refractivity contribution < 1.29 is 9.53 Å². The predicted octanol–water partition coefficient (Wildman–Crippen LogP) is 4.20. The molecule has 0 spiro atoms. The minimum Gasteiger partial charge on any atom is -0.493 e. The van der Waals surface area contributed by atoms with Crippen molar-refractivity contribution in [2.24, 2.45) is 11.8 Å². The number of ether oxygens (including phenoxy) is 1. The molecule has 23 heavy (non-hydrogen) atoms. The fourth-order valence-corrected chi connectivity index (χ4v) is 3.60. The third-order valence-corrected chi connectivity index (χ3v) is 4.54. The van der Waals surface area contributed by atoms with E-state index in [0.29, 0.717) is 18.4 Å². The van der Waals surface area contributed by atoms with E-state index in [1.54, 1.807) is 0 Å². The lowest BCUT2D eigenvalue weighted by molar-refractivity contribution is 0.0849. The van der Waals surface area contributed by atoms with Gasteiger partial charge in [-0.15, -0.1) is 0 Å². The smallest absolute Gasteiger partial charge is 0.176 e. The van der Waals surface area contributed by atoms with Crippen molar-refractivity contribution in [3.63, 3.8) is 0 Å². The van der Waals surface area contributed by atoms with Gasteiger partial charge in [-0.1, -0.05) is 27.7 Å². The first-order valence-electron chi connectivity index (χ1n) is 9.04. The van der Waals surface area contributed by atoms with E-state index in [-0.39, 0.29) is 5.78 Å². The van der Waals surface area contributed by atoms with Crippen LogP contribution in [0.5, 0.6) is 5.75 Å². The Morgan fingerprint density at radius 3 is 2.52 bits per heavy atom. The first kappa shape index (κ1) is 18.0. The van der Waals surface area contributed by atoms with E-state index in [4.69, 9.17) is 4.74 Å². The van der Waals surface area contributed by atoms with Gasteiger partial charge in [0.2, 0.25) is 0 Å². The Kier molecular flexibility index (Phi) is 6.64. The molecule has 2 atom stereocenters. The summed E-state index contributed by atoms with van der Waals surface area (Å²) < 4.78 is 5.77. The molecule has 0 amide bonds. The number of hydrogen-bond donors (Lipinski definition) is 0. The Labute approximate surface area is 141 Å². The fourth-order valence-electron chi connectivity index (χ4n) is 3.60. The summed E-state index contributed by atoms with van der Waals surface area (Å²) in [5.41, 5.74) is 1.95. The lowest BCUT2D eigenvalue weighted by atomic mass is 9.91. The average Bonchev–Trinajstić information content (AvgIpc) is 2.51. The molecule has 0 aromatic heterocycles. The maximum absolute atomic E-state index is 12.6. The van der Waals surface area contributed by atoms with Gasteiger partial charge >= 0.3 is 0 Å². The molecule has 0 saturated carbocycles. The maximum Gasteiger partial charge on any atom is 0.176 e. The molecular formula is C20H31NO2. The summed E-state index contributed by atoms with van der Waals surface area (Å²) in [4.78, 5) is 15.0. The zero-order valence-corrected chi connectivity index (χ0v) is 15.1. The van der Waals surface area contributed by atoms with Gasteiger partial charge in [0, 0.05) is 18.7 Å². The summed E-state index contributed by atoms with van der Waals surface area (Å²) in [7, 11) is 0. The lowest BCUT2D eigenvalue weighted by Crippen LogP contribution is -2.41. The second kappa shape index (κ2) is 8.49. The molecule has 2 unspecified atom stereocenters. The van der Waals surface area contributed by atoms with Crippen molar-refractivity contribution in [2.45, 2.75) is 47.0 Å². The third-order valence-electron chi connectivity index (χ3n) is 4.54. The Morgan fingerprint density at radius 1 is 1.22 bits per heavy atom. The minimum absolute atomic E-state index is 0.225. The van der Waals surface area contributed by atoms with Gasteiger partial charge in [-0.3, -0.25) is 9.69 Å². The minimum atomic E-state index is 0.225. The van der Waals surface area contributed by atoms with Gasteiger partial charge in [0.25, 0.3) is 0 Å². The highest BCUT2D eigenvalue weighted by Crippen LogP contribution is 2.23. The van der Waals surface area contributed by atoms with Crippen molar-refractivity contribution >= 4 is 5.78 Å². The molecule has 3 nitrogen and oxygen atoms in total. The number of carbonyl (C=O) groups is 1. The van der Waals surface area contributed by atoms with E-state index in [1.165, 1.54) is 6.42 Å². The van der Waals surface area contributed by atoms with Crippen LogP contribution in [-0.4, -0.2) is 36.9 Å². The van der Waals surface area contributed by atoms with Crippen LogP contribution in [0, 0.1) is 11.8 Å². The summed E-state index contributed by atoms with van der Waals surface area (Å²) in [6.07, 6.45) is 3.15. The van der Waals surface area contributed by atoms with Crippen molar-refractivity contribution in [3.05, 3.63) is 29.3 Å². The molecule has 1 fully saturated rings. The van der Waals surface area contributed by atoms with Crippen LogP contribution in [0.4, 0.5) is 0 Å². The summed E-state index contributed by atoms with van der Waals surface area (Å²) in [5, 5.41) is 0. The van der Waals surface area contributed by atoms with Crippen LogP contribution in [0.3, 0.4) is 0 Å². The van der Waals surface area contributed by atoms with Crippen LogP contribution in [0.25, 0.3) is 0 Å². The van der Waals surface area contributed by atoms with Gasteiger partial charge in [0.15, 0.2) is 5.78 Å².